The second kappa shape index (κ2) is 3.97. The van der Waals surface area contributed by atoms with Crippen LogP contribution in [0.15, 0.2) is 30.3 Å². The van der Waals surface area contributed by atoms with Crippen LogP contribution in [-0.2, 0) is 0 Å². The third-order valence-electron chi connectivity index (χ3n) is 1.42. The molecule has 0 nitrogen and oxygen atoms in total. The van der Waals surface area contributed by atoms with Crippen molar-refractivity contribution >= 4 is 6.08 Å². The van der Waals surface area contributed by atoms with Crippen LogP contribution >= 0.6 is 0 Å². The van der Waals surface area contributed by atoms with Gasteiger partial charge in [0.25, 0.3) is 0 Å². The number of rotatable bonds is 2. The lowest BCUT2D eigenvalue weighted by Crippen LogP contribution is -1.76. The summed E-state index contributed by atoms with van der Waals surface area (Å²) in [5.41, 5.74) is 1.25. The van der Waals surface area contributed by atoms with Gasteiger partial charge in [0, 0.05) is 0 Å². The maximum Gasteiger partial charge on any atom is -0.0184 e. The molecule has 1 radical (unpaired) electrons. The molecule has 11 heavy (non-hydrogen) atoms. The highest BCUT2D eigenvalue weighted by molar-refractivity contribution is 5.48. The Morgan fingerprint density at radius 3 is 2.45 bits per heavy atom. The van der Waals surface area contributed by atoms with Gasteiger partial charge >= 0.3 is 0 Å². The van der Waals surface area contributed by atoms with Crippen LogP contribution in [0.3, 0.4) is 0 Å². The lowest BCUT2D eigenvalue weighted by atomic mass is 10.1. The Hall–Kier alpha value is -1.04. The van der Waals surface area contributed by atoms with Crippen molar-refractivity contribution in [3.63, 3.8) is 0 Å². The van der Waals surface area contributed by atoms with E-state index in [2.05, 4.69) is 44.2 Å². The molecule has 0 fully saturated rings. The molecule has 0 N–H and O–H groups in total. The van der Waals surface area contributed by atoms with Crippen molar-refractivity contribution in [1.82, 2.24) is 0 Å². The van der Waals surface area contributed by atoms with Crippen LogP contribution in [0.5, 0.6) is 0 Å². The van der Waals surface area contributed by atoms with Crippen LogP contribution in [0.4, 0.5) is 0 Å². The number of hydrogen-bond donors (Lipinski definition) is 0. The summed E-state index contributed by atoms with van der Waals surface area (Å²) in [6, 6.07) is 11.0. The second-order valence-corrected chi connectivity index (χ2v) is 2.94. The van der Waals surface area contributed by atoms with Crippen LogP contribution in [0.25, 0.3) is 6.08 Å². The zero-order chi connectivity index (χ0) is 8.10. The first-order valence-corrected chi connectivity index (χ1v) is 3.93. The van der Waals surface area contributed by atoms with Gasteiger partial charge in [0.1, 0.15) is 0 Å². The zero-order valence-electron chi connectivity index (χ0n) is 7.04. The molecule has 0 heterocycles. The van der Waals surface area contributed by atoms with Crippen molar-refractivity contribution in [2.45, 2.75) is 13.8 Å². The molecule has 0 amide bonds. The third-order valence-corrected chi connectivity index (χ3v) is 1.42. The minimum Gasteiger partial charge on any atom is -0.0814 e. The van der Waals surface area contributed by atoms with Crippen LogP contribution in [0.2, 0.25) is 0 Å². The van der Waals surface area contributed by atoms with Gasteiger partial charge in [-0.1, -0.05) is 50.3 Å². The molecule has 0 bridgehead atoms. The van der Waals surface area contributed by atoms with E-state index in [0.29, 0.717) is 5.92 Å². The summed E-state index contributed by atoms with van der Waals surface area (Å²) in [6.07, 6.45) is 4.33. The van der Waals surface area contributed by atoms with Crippen molar-refractivity contribution < 1.29 is 0 Å². The van der Waals surface area contributed by atoms with E-state index in [-0.39, 0.29) is 0 Å². The third kappa shape index (κ3) is 3.03. The first kappa shape index (κ1) is 8.06. The van der Waals surface area contributed by atoms with Gasteiger partial charge in [-0.25, -0.2) is 0 Å². The SMILES string of the molecule is CC(C)C=Cc1cc[c]cc1. The van der Waals surface area contributed by atoms with Gasteiger partial charge in [0.05, 0.1) is 0 Å². The van der Waals surface area contributed by atoms with Crippen molar-refractivity contribution in [2.24, 2.45) is 5.92 Å². The largest absolute Gasteiger partial charge is 0.0814 e. The number of hydrogen-bond acceptors (Lipinski definition) is 0. The monoisotopic (exact) mass is 145 g/mol. The first-order chi connectivity index (χ1) is 5.29. The predicted octanol–water partition coefficient (Wildman–Crippen LogP) is 3.16. The summed E-state index contributed by atoms with van der Waals surface area (Å²) >= 11 is 0. The van der Waals surface area contributed by atoms with E-state index in [1.807, 2.05) is 12.1 Å². The van der Waals surface area contributed by atoms with Crippen molar-refractivity contribution in [2.75, 3.05) is 0 Å². The smallest absolute Gasteiger partial charge is 0.0184 e. The minimum atomic E-state index is 0.624. The predicted molar refractivity (Wildman–Crippen MR) is 49.2 cm³/mol. The van der Waals surface area contributed by atoms with E-state index in [4.69, 9.17) is 0 Å². The van der Waals surface area contributed by atoms with E-state index in [9.17, 15) is 0 Å². The summed E-state index contributed by atoms with van der Waals surface area (Å²) in [5.74, 6) is 0.624. The van der Waals surface area contributed by atoms with Gasteiger partial charge in [-0.15, -0.1) is 0 Å². The standard InChI is InChI=1S/C11H13/c1-10(2)8-9-11-6-4-3-5-7-11/h4-10H,1-2H3. The molecule has 0 atom stereocenters. The molecule has 1 aromatic rings. The van der Waals surface area contributed by atoms with Crippen LogP contribution in [-0.4, -0.2) is 0 Å². The molecule has 0 aromatic heterocycles. The van der Waals surface area contributed by atoms with Gasteiger partial charge < -0.3 is 0 Å². The first-order valence-electron chi connectivity index (χ1n) is 3.93. The number of benzene rings is 1. The van der Waals surface area contributed by atoms with Gasteiger partial charge in [-0.2, -0.15) is 0 Å². The Labute approximate surface area is 68.6 Å². The summed E-state index contributed by atoms with van der Waals surface area (Å²) in [4.78, 5) is 0. The van der Waals surface area contributed by atoms with Crippen LogP contribution in [0, 0.1) is 12.0 Å². The molecule has 0 unspecified atom stereocenters. The lowest BCUT2D eigenvalue weighted by Gasteiger charge is -1.93. The maximum absolute atomic E-state index is 2.99. The second-order valence-electron chi connectivity index (χ2n) is 2.94. The molecule has 0 aliphatic rings. The molecular formula is C11H13. The van der Waals surface area contributed by atoms with Gasteiger partial charge in [-0.3, -0.25) is 0 Å². The van der Waals surface area contributed by atoms with Crippen LogP contribution in [0.1, 0.15) is 19.4 Å². The summed E-state index contributed by atoms with van der Waals surface area (Å²) in [6.45, 7) is 4.34. The maximum atomic E-state index is 2.99. The normalized spacial score (nSPS) is 11.2. The van der Waals surface area contributed by atoms with E-state index in [1.54, 1.807) is 0 Å². The Bertz CT molecular complexity index is 219. The molecule has 0 saturated carbocycles. The highest BCUT2D eigenvalue weighted by Crippen LogP contribution is 2.03. The summed E-state index contributed by atoms with van der Waals surface area (Å²) in [5, 5.41) is 0. The van der Waals surface area contributed by atoms with Crippen LogP contribution < -0.4 is 0 Å². The average Bonchev–Trinajstić information content (AvgIpc) is 2.03. The molecule has 0 aliphatic heterocycles. The number of allylic oxidation sites excluding steroid dienone is 1. The van der Waals surface area contributed by atoms with Gasteiger partial charge in [0.2, 0.25) is 0 Å². The topological polar surface area (TPSA) is 0 Å². The summed E-state index contributed by atoms with van der Waals surface area (Å²) < 4.78 is 0. The molecule has 1 aromatic carbocycles. The summed E-state index contributed by atoms with van der Waals surface area (Å²) in [7, 11) is 0. The van der Waals surface area contributed by atoms with Crippen molar-refractivity contribution in [3.8, 4) is 0 Å². The zero-order valence-corrected chi connectivity index (χ0v) is 7.04. The Morgan fingerprint density at radius 1 is 1.27 bits per heavy atom. The Kier molecular flexibility index (Phi) is 2.91. The quantitative estimate of drug-likeness (QED) is 0.599. The molecular weight excluding hydrogens is 132 g/mol. The molecule has 0 saturated heterocycles. The van der Waals surface area contributed by atoms with E-state index >= 15 is 0 Å². The molecule has 1 rings (SSSR count). The fraction of sp³-hybridized carbons (Fsp3) is 0.273. The van der Waals surface area contributed by atoms with E-state index in [0.717, 1.165) is 0 Å². The molecule has 0 heteroatoms. The van der Waals surface area contributed by atoms with Crippen molar-refractivity contribution in [3.05, 3.63) is 42.0 Å². The molecule has 0 aliphatic carbocycles. The average molecular weight is 145 g/mol. The fourth-order valence-electron chi connectivity index (χ4n) is 0.814. The Balaban J connectivity index is 2.65. The van der Waals surface area contributed by atoms with Gasteiger partial charge in [-0.05, 0) is 17.5 Å². The molecule has 57 valence electrons. The highest BCUT2D eigenvalue weighted by Gasteiger charge is 1.84. The lowest BCUT2D eigenvalue weighted by molar-refractivity contribution is 0.836. The van der Waals surface area contributed by atoms with Gasteiger partial charge in [0.15, 0.2) is 0 Å². The minimum absolute atomic E-state index is 0.624. The van der Waals surface area contributed by atoms with E-state index < -0.39 is 0 Å². The Morgan fingerprint density at radius 2 is 1.91 bits per heavy atom. The fourth-order valence-corrected chi connectivity index (χ4v) is 0.814. The van der Waals surface area contributed by atoms with E-state index in [1.165, 1.54) is 5.56 Å². The van der Waals surface area contributed by atoms with Crippen molar-refractivity contribution in [1.29, 1.82) is 0 Å². The highest BCUT2D eigenvalue weighted by atomic mass is 13.9. The molecule has 0 spiro atoms.